The predicted molar refractivity (Wildman–Crippen MR) is 77.8 cm³/mol. The summed E-state index contributed by atoms with van der Waals surface area (Å²) in [5, 5.41) is 0. The molecule has 0 bridgehead atoms. The Kier molecular flexibility index (Phi) is 5.70. The fourth-order valence-electron chi connectivity index (χ4n) is 1.93. The number of ether oxygens (including phenoxy) is 2. The van der Waals surface area contributed by atoms with Gasteiger partial charge in [0.2, 0.25) is 0 Å². The van der Waals surface area contributed by atoms with E-state index in [0.717, 1.165) is 11.5 Å². The molecule has 3 atom stereocenters. The first kappa shape index (κ1) is 15.7. The van der Waals surface area contributed by atoms with Crippen molar-refractivity contribution >= 4 is 46.0 Å². The second kappa shape index (κ2) is 6.88. The molecule has 1 unspecified atom stereocenters. The number of hydrogen-bond donors (Lipinski definition) is 2. The van der Waals surface area contributed by atoms with Crippen LogP contribution in [0.4, 0.5) is 0 Å². The Labute approximate surface area is 122 Å². The van der Waals surface area contributed by atoms with Crippen LogP contribution >= 0.6 is 17.9 Å². The van der Waals surface area contributed by atoms with Gasteiger partial charge in [0, 0.05) is 0 Å². The van der Waals surface area contributed by atoms with E-state index in [1.807, 2.05) is 0 Å². The third-order valence-corrected chi connectivity index (χ3v) is 26.5. The molecule has 0 aliphatic carbocycles. The van der Waals surface area contributed by atoms with Crippen LogP contribution in [0.1, 0.15) is 13.8 Å². The zero-order valence-corrected chi connectivity index (χ0v) is 15.4. The summed E-state index contributed by atoms with van der Waals surface area (Å²) in [5.74, 6) is 1.07. The predicted octanol–water partition coefficient (Wildman–Crippen LogP) is -0.0418. The molecule has 0 aromatic rings. The van der Waals surface area contributed by atoms with Gasteiger partial charge in [-0.05, 0) is 0 Å². The third kappa shape index (κ3) is 3.72. The van der Waals surface area contributed by atoms with E-state index in [2.05, 4.69) is 7.08 Å². The van der Waals surface area contributed by atoms with E-state index < -0.39 is 16.2 Å². The van der Waals surface area contributed by atoms with Gasteiger partial charge in [0.25, 0.3) is 0 Å². The first-order valence-electron chi connectivity index (χ1n) is 6.26. The van der Waals surface area contributed by atoms with Crippen LogP contribution < -0.4 is 7.08 Å². The minimum atomic E-state index is -2.85. The van der Waals surface area contributed by atoms with Crippen molar-refractivity contribution in [1.82, 2.24) is 7.08 Å². The van der Waals surface area contributed by atoms with Gasteiger partial charge in [0.1, 0.15) is 0 Å². The quantitative estimate of drug-likeness (QED) is 0.492. The zero-order chi connectivity index (χ0) is 13.9. The molecule has 2 N–H and O–H groups in total. The van der Waals surface area contributed by atoms with Crippen LogP contribution in [0.25, 0.3) is 0 Å². The summed E-state index contributed by atoms with van der Waals surface area (Å²) >= 11 is -2.85. The van der Waals surface area contributed by atoms with Gasteiger partial charge in [-0.1, -0.05) is 0 Å². The molecule has 0 amide bonds. The number of esters is 2. The molecule has 0 saturated carbocycles. The second-order valence-corrected chi connectivity index (χ2v) is 25.4. The summed E-state index contributed by atoms with van der Waals surface area (Å²) in [6.45, 7) is 4.41. The molecular formula is C10H18N2O4S2Sn. The van der Waals surface area contributed by atoms with Crippen LogP contribution in [-0.2, 0) is 19.1 Å². The summed E-state index contributed by atoms with van der Waals surface area (Å²) < 4.78 is 16.9. The molecule has 6 nitrogen and oxygen atoms in total. The third-order valence-electron chi connectivity index (χ3n) is 2.78. The normalized spacial score (nSPS) is 33.6. The summed E-state index contributed by atoms with van der Waals surface area (Å²) in [6.07, 6.45) is 0. The Morgan fingerprint density at radius 2 is 1.47 bits per heavy atom. The van der Waals surface area contributed by atoms with E-state index >= 15 is 0 Å². The number of nitrogens with one attached hydrogen (secondary N) is 2. The van der Waals surface area contributed by atoms with Crippen LogP contribution in [0.3, 0.4) is 0 Å². The summed E-state index contributed by atoms with van der Waals surface area (Å²) in [6, 6.07) is -0.469. The van der Waals surface area contributed by atoms with E-state index in [9.17, 15) is 9.59 Å². The van der Waals surface area contributed by atoms with E-state index in [4.69, 9.17) is 9.47 Å². The molecule has 2 saturated heterocycles. The van der Waals surface area contributed by atoms with Gasteiger partial charge in [-0.15, -0.1) is 0 Å². The molecule has 0 radical (unpaired) electrons. The van der Waals surface area contributed by atoms with Crippen LogP contribution in [0.15, 0.2) is 0 Å². The first-order valence-corrected chi connectivity index (χ1v) is 18.1. The molecule has 0 aromatic heterocycles. The van der Waals surface area contributed by atoms with Gasteiger partial charge in [0.15, 0.2) is 0 Å². The van der Waals surface area contributed by atoms with Crippen molar-refractivity contribution in [3.63, 3.8) is 0 Å². The molecule has 9 heteroatoms. The zero-order valence-electron chi connectivity index (χ0n) is 10.9. The molecular weight excluding hydrogens is 395 g/mol. The van der Waals surface area contributed by atoms with Gasteiger partial charge < -0.3 is 0 Å². The molecule has 1 spiro atoms. The van der Waals surface area contributed by atoms with Crippen molar-refractivity contribution in [3.8, 4) is 0 Å². The van der Waals surface area contributed by atoms with Crippen LogP contribution in [0, 0.1) is 0 Å². The average molecular weight is 413 g/mol. The van der Waals surface area contributed by atoms with Crippen molar-refractivity contribution in [2.45, 2.75) is 25.9 Å². The topological polar surface area (TPSA) is 76.7 Å². The molecule has 0 aromatic carbocycles. The fraction of sp³-hybridized carbons (Fsp3) is 0.800. The van der Waals surface area contributed by atoms with Gasteiger partial charge in [-0.25, -0.2) is 0 Å². The summed E-state index contributed by atoms with van der Waals surface area (Å²) in [7, 11) is 3.59. The SMILES string of the molecule is CCOC(=O)[C@@H]1C[S][Sn]2([NH]1)[NH][C@@H](C(=O)OCC)C[S]2. The standard InChI is InChI=1S/2C5H10NO2S.Sn/c2*1-2-8-5(7)4(6)3-9;/h2*4,6,9H,2-3H2,1H3;/q2*-1;+4/p-2/t2*4-;/m10./s1. The summed E-state index contributed by atoms with van der Waals surface area (Å²) in [4.78, 5) is 23.4. The van der Waals surface area contributed by atoms with Crippen molar-refractivity contribution in [2.75, 3.05) is 24.7 Å². The number of carbonyl (C=O) groups excluding carboxylic acids is 2. The number of carbonyl (C=O) groups is 2. The molecule has 2 fully saturated rings. The van der Waals surface area contributed by atoms with Gasteiger partial charge in [0.05, 0.1) is 0 Å². The Bertz CT molecular complexity index is 337. The van der Waals surface area contributed by atoms with Crippen LogP contribution in [0.2, 0.25) is 0 Å². The number of rotatable bonds is 4. The second-order valence-electron chi connectivity index (χ2n) is 4.14. The van der Waals surface area contributed by atoms with Crippen LogP contribution in [0.5, 0.6) is 0 Å². The Morgan fingerprint density at radius 1 is 1.05 bits per heavy atom. The van der Waals surface area contributed by atoms with Crippen molar-refractivity contribution in [2.24, 2.45) is 0 Å². The van der Waals surface area contributed by atoms with Gasteiger partial charge in [-0.3, -0.25) is 0 Å². The van der Waals surface area contributed by atoms with Crippen molar-refractivity contribution in [3.05, 3.63) is 0 Å². The van der Waals surface area contributed by atoms with E-state index in [1.165, 1.54) is 0 Å². The average Bonchev–Trinajstić information content (AvgIpc) is 2.98. The Balaban J connectivity index is 1.89. The van der Waals surface area contributed by atoms with E-state index in [-0.39, 0.29) is 24.0 Å². The number of hydrogen-bond acceptors (Lipinski definition) is 8. The molecule has 108 valence electrons. The maximum atomic E-state index is 11.7. The Morgan fingerprint density at radius 3 is 1.84 bits per heavy atom. The van der Waals surface area contributed by atoms with Gasteiger partial charge >= 0.3 is 123 Å². The van der Waals surface area contributed by atoms with Crippen LogP contribution in [-0.4, -0.2) is 64.9 Å². The van der Waals surface area contributed by atoms with Crippen molar-refractivity contribution in [1.29, 1.82) is 0 Å². The molecule has 2 aliphatic rings. The van der Waals surface area contributed by atoms with E-state index in [1.54, 1.807) is 31.7 Å². The molecule has 2 heterocycles. The van der Waals surface area contributed by atoms with Crippen molar-refractivity contribution < 1.29 is 19.1 Å². The maximum absolute atomic E-state index is 11.7. The van der Waals surface area contributed by atoms with E-state index in [0.29, 0.717) is 13.2 Å². The molecule has 2 rings (SSSR count). The first-order chi connectivity index (χ1) is 9.10. The minimum absolute atomic E-state index is 0.189. The molecule has 19 heavy (non-hydrogen) atoms. The fourth-order valence-corrected chi connectivity index (χ4v) is 27.2. The molecule has 2 aliphatic heterocycles. The Hall–Kier alpha value is 0.359. The van der Waals surface area contributed by atoms with Gasteiger partial charge in [-0.2, -0.15) is 0 Å². The summed E-state index contributed by atoms with van der Waals surface area (Å²) in [5.41, 5.74) is 0. The monoisotopic (exact) mass is 414 g/mol.